The maximum atomic E-state index is 11.1. The van der Waals surface area contributed by atoms with E-state index in [0.29, 0.717) is 0 Å². The number of nitrogens with two attached hydrogens (primary N) is 1. The minimum absolute atomic E-state index is 0.104. The summed E-state index contributed by atoms with van der Waals surface area (Å²) in [5, 5.41) is 5.04. The molecule has 4 heteroatoms. The van der Waals surface area contributed by atoms with Gasteiger partial charge in [-0.25, -0.2) is 13.6 Å². The highest BCUT2D eigenvalue weighted by atomic mass is 32.2. The van der Waals surface area contributed by atoms with Crippen molar-refractivity contribution in [3.8, 4) is 0 Å². The summed E-state index contributed by atoms with van der Waals surface area (Å²) in [7, 11) is -3.64. The van der Waals surface area contributed by atoms with Gasteiger partial charge in [0.2, 0.25) is 10.0 Å². The summed E-state index contributed by atoms with van der Waals surface area (Å²) < 4.78 is 22.3. The molecule has 0 atom stereocenters. The van der Waals surface area contributed by atoms with E-state index in [0.717, 1.165) is 16.7 Å². The SMILES string of the molecule is C=C(c1ccccc1)c1ccc(S(N)(=O)=O)cc1. The van der Waals surface area contributed by atoms with Crippen LogP contribution in [0.4, 0.5) is 0 Å². The van der Waals surface area contributed by atoms with Crippen molar-refractivity contribution in [3.05, 3.63) is 72.3 Å². The summed E-state index contributed by atoms with van der Waals surface area (Å²) in [6.45, 7) is 4.01. The summed E-state index contributed by atoms with van der Waals surface area (Å²) >= 11 is 0. The lowest BCUT2D eigenvalue weighted by Crippen LogP contribution is -2.11. The first-order valence-corrected chi connectivity index (χ1v) is 6.91. The maximum absolute atomic E-state index is 11.1. The van der Waals surface area contributed by atoms with E-state index in [-0.39, 0.29) is 4.90 Å². The van der Waals surface area contributed by atoms with Crippen LogP contribution < -0.4 is 5.14 Å². The molecule has 0 spiro atoms. The lowest BCUT2D eigenvalue weighted by Gasteiger charge is -2.06. The van der Waals surface area contributed by atoms with Crippen molar-refractivity contribution in [2.75, 3.05) is 0 Å². The second-order valence-corrected chi connectivity index (χ2v) is 5.48. The molecule has 2 N–H and O–H groups in total. The first-order valence-electron chi connectivity index (χ1n) is 5.36. The molecule has 0 aliphatic rings. The van der Waals surface area contributed by atoms with Crippen molar-refractivity contribution in [1.29, 1.82) is 0 Å². The zero-order valence-corrected chi connectivity index (χ0v) is 10.5. The molecule has 3 nitrogen and oxygen atoms in total. The zero-order chi connectivity index (χ0) is 13.2. The Morgan fingerprint density at radius 2 is 1.39 bits per heavy atom. The molecular formula is C14H13NO2S. The fraction of sp³-hybridized carbons (Fsp3) is 0. The van der Waals surface area contributed by atoms with Crippen LogP contribution in [0, 0.1) is 0 Å². The molecule has 18 heavy (non-hydrogen) atoms. The first kappa shape index (κ1) is 12.5. The molecule has 0 radical (unpaired) electrons. The predicted octanol–water partition coefficient (Wildman–Crippen LogP) is 2.40. The molecule has 0 unspecified atom stereocenters. The van der Waals surface area contributed by atoms with Crippen LogP contribution in [0.1, 0.15) is 11.1 Å². The zero-order valence-electron chi connectivity index (χ0n) is 9.71. The fourth-order valence-electron chi connectivity index (χ4n) is 1.65. The van der Waals surface area contributed by atoms with Crippen LogP contribution in [0.15, 0.2) is 66.1 Å². The monoisotopic (exact) mass is 259 g/mol. The highest BCUT2D eigenvalue weighted by molar-refractivity contribution is 7.89. The second-order valence-electron chi connectivity index (χ2n) is 3.91. The normalized spacial score (nSPS) is 11.2. The Morgan fingerprint density at radius 1 is 0.889 bits per heavy atom. The van der Waals surface area contributed by atoms with Crippen LogP contribution in [-0.4, -0.2) is 8.42 Å². The van der Waals surface area contributed by atoms with Crippen molar-refractivity contribution in [2.24, 2.45) is 5.14 Å². The molecule has 92 valence electrons. The van der Waals surface area contributed by atoms with E-state index in [1.807, 2.05) is 30.3 Å². The van der Waals surface area contributed by atoms with Crippen LogP contribution in [0.2, 0.25) is 0 Å². The van der Waals surface area contributed by atoms with Gasteiger partial charge in [-0.2, -0.15) is 0 Å². The molecule has 0 fully saturated rings. The van der Waals surface area contributed by atoms with Gasteiger partial charge in [0.05, 0.1) is 4.90 Å². The third kappa shape index (κ3) is 2.67. The van der Waals surface area contributed by atoms with Crippen molar-refractivity contribution < 1.29 is 8.42 Å². The molecule has 2 rings (SSSR count). The Morgan fingerprint density at radius 3 is 1.89 bits per heavy atom. The molecule has 0 amide bonds. The molecular weight excluding hydrogens is 246 g/mol. The minimum Gasteiger partial charge on any atom is -0.225 e. The average molecular weight is 259 g/mol. The third-order valence-electron chi connectivity index (χ3n) is 2.65. The van der Waals surface area contributed by atoms with E-state index in [4.69, 9.17) is 5.14 Å². The maximum Gasteiger partial charge on any atom is 0.238 e. The summed E-state index contributed by atoms with van der Waals surface area (Å²) in [5.41, 5.74) is 2.71. The molecule has 2 aromatic rings. The van der Waals surface area contributed by atoms with E-state index in [1.54, 1.807) is 12.1 Å². The Hall–Kier alpha value is -1.91. The second kappa shape index (κ2) is 4.76. The van der Waals surface area contributed by atoms with E-state index in [1.165, 1.54) is 12.1 Å². The summed E-state index contributed by atoms with van der Waals surface area (Å²) in [6.07, 6.45) is 0. The lowest BCUT2D eigenvalue weighted by atomic mass is 10.00. The molecule has 0 bridgehead atoms. The van der Waals surface area contributed by atoms with Gasteiger partial charge in [-0.1, -0.05) is 49.0 Å². The number of sulfonamides is 1. The Bertz CT molecular complexity index is 659. The standard InChI is InChI=1S/C14H13NO2S/c1-11(12-5-3-2-4-6-12)13-7-9-14(10-8-13)18(15,16)17/h2-10H,1H2,(H2,15,16,17). The molecule has 0 aromatic heterocycles. The van der Waals surface area contributed by atoms with Gasteiger partial charge < -0.3 is 0 Å². The molecule has 2 aromatic carbocycles. The number of hydrogen-bond donors (Lipinski definition) is 1. The average Bonchev–Trinajstić information content (AvgIpc) is 2.38. The quantitative estimate of drug-likeness (QED) is 0.920. The highest BCUT2D eigenvalue weighted by Gasteiger charge is 2.08. The van der Waals surface area contributed by atoms with Gasteiger partial charge in [-0.05, 0) is 28.8 Å². The summed E-state index contributed by atoms with van der Waals surface area (Å²) in [4.78, 5) is 0.104. The number of hydrogen-bond acceptors (Lipinski definition) is 2. The van der Waals surface area contributed by atoms with Crippen LogP contribution in [-0.2, 0) is 10.0 Å². The third-order valence-corrected chi connectivity index (χ3v) is 3.58. The van der Waals surface area contributed by atoms with Gasteiger partial charge in [-0.15, -0.1) is 0 Å². The Labute approximate surface area is 107 Å². The smallest absolute Gasteiger partial charge is 0.225 e. The highest BCUT2D eigenvalue weighted by Crippen LogP contribution is 2.22. The van der Waals surface area contributed by atoms with Crippen molar-refractivity contribution in [1.82, 2.24) is 0 Å². The van der Waals surface area contributed by atoms with Crippen LogP contribution in [0.5, 0.6) is 0 Å². The number of benzene rings is 2. The molecule has 0 heterocycles. The van der Waals surface area contributed by atoms with Crippen LogP contribution in [0.25, 0.3) is 5.57 Å². The van der Waals surface area contributed by atoms with Crippen LogP contribution >= 0.6 is 0 Å². The summed E-state index contributed by atoms with van der Waals surface area (Å²) in [6, 6.07) is 16.1. The van der Waals surface area contributed by atoms with Gasteiger partial charge in [-0.3, -0.25) is 0 Å². The fourth-order valence-corrected chi connectivity index (χ4v) is 2.17. The van der Waals surface area contributed by atoms with Gasteiger partial charge in [0, 0.05) is 0 Å². The van der Waals surface area contributed by atoms with Gasteiger partial charge in [0.1, 0.15) is 0 Å². The summed E-state index contributed by atoms with van der Waals surface area (Å²) in [5.74, 6) is 0. The lowest BCUT2D eigenvalue weighted by molar-refractivity contribution is 0.598. The van der Waals surface area contributed by atoms with Crippen molar-refractivity contribution >= 4 is 15.6 Å². The topological polar surface area (TPSA) is 60.2 Å². The van der Waals surface area contributed by atoms with E-state index < -0.39 is 10.0 Å². The van der Waals surface area contributed by atoms with Gasteiger partial charge in [0.25, 0.3) is 0 Å². The van der Waals surface area contributed by atoms with Crippen LogP contribution in [0.3, 0.4) is 0 Å². The molecule has 0 saturated carbocycles. The molecule has 0 saturated heterocycles. The van der Waals surface area contributed by atoms with Crippen molar-refractivity contribution in [3.63, 3.8) is 0 Å². The minimum atomic E-state index is -3.64. The van der Waals surface area contributed by atoms with Gasteiger partial charge >= 0.3 is 0 Å². The Balaban J connectivity index is 2.34. The number of rotatable bonds is 3. The Kier molecular flexibility index (Phi) is 3.32. The van der Waals surface area contributed by atoms with E-state index >= 15 is 0 Å². The van der Waals surface area contributed by atoms with E-state index in [9.17, 15) is 8.42 Å². The first-order chi connectivity index (χ1) is 8.48. The molecule has 0 aliphatic heterocycles. The van der Waals surface area contributed by atoms with Gasteiger partial charge in [0.15, 0.2) is 0 Å². The van der Waals surface area contributed by atoms with Crippen molar-refractivity contribution in [2.45, 2.75) is 4.90 Å². The molecule has 0 aliphatic carbocycles. The van der Waals surface area contributed by atoms with E-state index in [2.05, 4.69) is 6.58 Å². The predicted molar refractivity (Wildman–Crippen MR) is 72.4 cm³/mol. The number of primary sulfonamides is 1. The largest absolute Gasteiger partial charge is 0.238 e.